The standard InChI is InChI=1S/C25H37N3O/c1-15(23-9-17-3-4-21(23)8-17)27-14-22(13-26)24(29)28-16(2)25-10-18-5-19(11-25)7-20(6-18)12-25/h14-21,23,27H,3-12H2,1-2H3,(H,28,29)/b22-14-. The van der Waals surface area contributed by atoms with Crippen LogP contribution >= 0.6 is 0 Å². The first-order valence-electron chi connectivity index (χ1n) is 12.1. The van der Waals surface area contributed by atoms with Gasteiger partial charge in [0, 0.05) is 18.3 Å². The van der Waals surface area contributed by atoms with Crippen molar-refractivity contribution in [2.75, 3.05) is 0 Å². The van der Waals surface area contributed by atoms with Gasteiger partial charge < -0.3 is 10.6 Å². The largest absolute Gasteiger partial charge is 0.387 e. The van der Waals surface area contributed by atoms with Crippen LogP contribution in [0.25, 0.3) is 0 Å². The molecule has 0 aliphatic heterocycles. The quantitative estimate of drug-likeness (QED) is 0.513. The summed E-state index contributed by atoms with van der Waals surface area (Å²) in [5.74, 6) is 4.87. The van der Waals surface area contributed by atoms with E-state index < -0.39 is 0 Å². The molecule has 0 saturated heterocycles. The lowest BCUT2D eigenvalue weighted by Crippen LogP contribution is -2.56. The summed E-state index contributed by atoms with van der Waals surface area (Å²) in [5.41, 5.74) is 0.506. The Hall–Kier alpha value is -1.50. The zero-order valence-electron chi connectivity index (χ0n) is 18.1. The molecule has 0 heterocycles. The summed E-state index contributed by atoms with van der Waals surface area (Å²) >= 11 is 0. The highest BCUT2D eigenvalue weighted by Gasteiger charge is 2.53. The van der Waals surface area contributed by atoms with Gasteiger partial charge in [0.1, 0.15) is 11.6 Å². The fourth-order valence-corrected chi connectivity index (χ4v) is 8.53. The number of nitriles is 1. The third-order valence-electron chi connectivity index (χ3n) is 9.64. The summed E-state index contributed by atoms with van der Waals surface area (Å²) in [6.45, 7) is 4.40. The van der Waals surface area contributed by atoms with Gasteiger partial charge in [-0.3, -0.25) is 4.79 Å². The van der Waals surface area contributed by atoms with E-state index in [-0.39, 0.29) is 22.9 Å². The highest BCUT2D eigenvalue weighted by Crippen LogP contribution is 2.61. The third kappa shape index (κ3) is 3.49. The van der Waals surface area contributed by atoms with E-state index in [0.29, 0.717) is 12.0 Å². The Balaban J connectivity index is 1.20. The molecule has 29 heavy (non-hydrogen) atoms. The van der Waals surface area contributed by atoms with Gasteiger partial charge in [0.25, 0.3) is 5.91 Å². The Morgan fingerprint density at radius 1 is 1.00 bits per heavy atom. The molecule has 2 N–H and O–H groups in total. The minimum atomic E-state index is -0.191. The monoisotopic (exact) mass is 395 g/mol. The molecule has 6 fully saturated rings. The number of carbonyl (C=O) groups is 1. The Kier molecular flexibility index (Phi) is 4.92. The second kappa shape index (κ2) is 7.33. The van der Waals surface area contributed by atoms with E-state index >= 15 is 0 Å². The van der Waals surface area contributed by atoms with Crippen LogP contribution in [-0.2, 0) is 4.79 Å². The SMILES string of the molecule is CC(N/C=C(/C#N)C(=O)NC(C)C12CC3CC(CC(C3)C1)C2)C1CC2CCC1C2. The molecule has 4 heteroatoms. The normalized spacial score (nSPS) is 44.4. The first-order chi connectivity index (χ1) is 14.0. The predicted molar refractivity (Wildman–Crippen MR) is 113 cm³/mol. The van der Waals surface area contributed by atoms with Gasteiger partial charge in [0.2, 0.25) is 0 Å². The lowest BCUT2D eigenvalue weighted by atomic mass is 9.48. The Morgan fingerprint density at radius 2 is 1.66 bits per heavy atom. The van der Waals surface area contributed by atoms with E-state index in [0.717, 1.165) is 29.6 Å². The van der Waals surface area contributed by atoms with Crippen LogP contribution in [-0.4, -0.2) is 18.0 Å². The van der Waals surface area contributed by atoms with Crippen LogP contribution in [0.1, 0.15) is 78.1 Å². The second-order valence-electron chi connectivity index (χ2n) is 11.4. The Bertz CT molecular complexity index is 700. The number of carbonyl (C=O) groups excluding carboxylic acids is 1. The average Bonchev–Trinajstić information content (AvgIpc) is 3.31. The molecule has 1 amide bonds. The average molecular weight is 396 g/mol. The second-order valence-corrected chi connectivity index (χ2v) is 11.4. The van der Waals surface area contributed by atoms with Crippen LogP contribution in [0.3, 0.4) is 0 Å². The molecule has 0 aromatic heterocycles. The molecule has 0 spiro atoms. The van der Waals surface area contributed by atoms with Gasteiger partial charge in [-0.05, 0) is 113 Å². The maximum absolute atomic E-state index is 12.9. The highest BCUT2D eigenvalue weighted by atomic mass is 16.1. The van der Waals surface area contributed by atoms with E-state index in [1.54, 1.807) is 6.20 Å². The minimum absolute atomic E-state index is 0.156. The number of nitrogens with one attached hydrogen (secondary N) is 2. The van der Waals surface area contributed by atoms with Gasteiger partial charge in [-0.25, -0.2) is 0 Å². The molecule has 0 radical (unpaired) electrons. The molecule has 0 aromatic carbocycles. The fraction of sp³-hybridized carbons (Fsp3) is 0.840. The maximum atomic E-state index is 12.9. The number of rotatable bonds is 6. The molecule has 4 nitrogen and oxygen atoms in total. The highest BCUT2D eigenvalue weighted by molar-refractivity contribution is 5.97. The van der Waals surface area contributed by atoms with Gasteiger partial charge in [0.15, 0.2) is 0 Å². The molecule has 158 valence electrons. The number of hydrogen-bond donors (Lipinski definition) is 2. The van der Waals surface area contributed by atoms with Crippen molar-refractivity contribution in [2.45, 2.75) is 90.1 Å². The molecule has 5 unspecified atom stereocenters. The molecule has 5 atom stereocenters. The molecule has 6 aliphatic rings. The van der Waals surface area contributed by atoms with E-state index in [4.69, 9.17) is 0 Å². The van der Waals surface area contributed by atoms with E-state index in [1.807, 2.05) is 0 Å². The van der Waals surface area contributed by atoms with Gasteiger partial charge in [0.05, 0.1) is 0 Å². The lowest BCUT2D eigenvalue weighted by Gasteiger charge is -2.59. The Morgan fingerprint density at radius 3 is 2.17 bits per heavy atom. The maximum Gasteiger partial charge on any atom is 0.263 e. The topological polar surface area (TPSA) is 64.9 Å². The number of hydrogen-bond acceptors (Lipinski definition) is 3. The summed E-state index contributed by atoms with van der Waals surface area (Å²) in [7, 11) is 0. The van der Waals surface area contributed by atoms with Crippen molar-refractivity contribution in [3.8, 4) is 6.07 Å². The zero-order valence-corrected chi connectivity index (χ0v) is 18.1. The fourth-order valence-electron chi connectivity index (χ4n) is 8.53. The van der Waals surface area contributed by atoms with Crippen LogP contribution in [0.15, 0.2) is 11.8 Å². The first-order valence-corrected chi connectivity index (χ1v) is 12.1. The zero-order chi connectivity index (χ0) is 20.2. The van der Waals surface area contributed by atoms with Crippen molar-refractivity contribution in [1.29, 1.82) is 5.26 Å². The van der Waals surface area contributed by atoms with Crippen molar-refractivity contribution in [3.63, 3.8) is 0 Å². The molecule has 0 aromatic rings. The molecule has 6 bridgehead atoms. The van der Waals surface area contributed by atoms with Crippen LogP contribution < -0.4 is 10.6 Å². The van der Waals surface area contributed by atoms with Gasteiger partial charge in [-0.2, -0.15) is 5.26 Å². The first kappa shape index (κ1) is 19.5. The predicted octanol–water partition coefficient (Wildman–Crippen LogP) is 4.53. The third-order valence-corrected chi connectivity index (χ3v) is 9.64. The summed E-state index contributed by atoms with van der Waals surface area (Å²) < 4.78 is 0. The number of amides is 1. The molecular weight excluding hydrogens is 358 g/mol. The van der Waals surface area contributed by atoms with Crippen molar-refractivity contribution in [3.05, 3.63) is 11.8 Å². The van der Waals surface area contributed by atoms with Gasteiger partial charge in [-0.15, -0.1) is 0 Å². The lowest BCUT2D eigenvalue weighted by molar-refractivity contribution is -0.122. The molecule has 6 rings (SSSR count). The smallest absolute Gasteiger partial charge is 0.263 e. The summed E-state index contributed by atoms with van der Waals surface area (Å²) in [5, 5.41) is 16.3. The molecular formula is C25H37N3O. The van der Waals surface area contributed by atoms with Gasteiger partial charge >= 0.3 is 0 Å². The van der Waals surface area contributed by atoms with Crippen molar-refractivity contribution in [2.24, 2.45) is 40.9 Å². The molecule has 6 saturated carbocycles. The van der Waals surface area contributed by atoms with Crippen LogP contribution in [0.5, 0.6) is 0 Å². The number of fused-ring (bicyclic) bond motifs is 2. The van der Waals surface area contributed by atoms with Crippen molar-refractivity contribution < 1.29 is 4.79 Å². The van der Waals surface area contributed by atoms with E-state index in [2.05, 4.69) is 30.6 Å². The van der Waals surface area contributed by atoms with Gasteiger partial charge in [-0.1, -0.05) is 6.42 Å². The molecule has 6 aliphatic carbocycles. The van der Waals surface area contributed by atoms with Crippen molar-refractivity contribution >= 4 is 5.91 Å². The van der Waals surface area contributed by atoms with Crippen LogP contribution in [0.2, 0.25) is 0 Å². The summed E-state index contributed by atoms with van der Waals surface area (Å²) in [4.78, 5) is 12.9. The van der Waals surface area contributed by atoms with Crippen molar-refractivity contribution in [1.82, 2.24) is 10.6 Å². The van der Waals surface area contributed by atoms with E-state index in [1.165, 1.54) is 64.2 Å². The number of nitrogens with zero attached hydrogens (tertiary/aromatic N) is 1. The van der Waals surface area contributed by atoms with Crippen LogP contribution in [0.4, 0.5) is 0 Å². The summed E-state index contributed by atoms with van der Waals surface area (Å²) in [6.07, 6.45) is 15.2. The van der Waals surface area contributed by atoms with Crippen LogP contribution in [0, 0.1) is 52.3 Å². The van der Waals surface area contributed by atoms with E-state index in [9.17, 15) is 10.1 Å². The summed E-state index contributed by atoms with van der Waals surface area (Å²) in [6, 6.07) is 2.64. The Labute approximate surface area is 175 Å². The minimum Gasteiger partial charge on any atom is -0.387 e.